The topological polar surface area (TPSA) is 78.1 Å². The zero-order valence-corrected chi connectivity index (χ0v) is 9.06. The lowest BCUT2D eigenvalue weighted by atomic mass is 10.2. The minimum absolute atomic E-state index is 0.121. The molecule has 1 aromatic heterocycles. The van der Waals surface area contributed by atoms with E-state index in [2.05, 4.69) is 15.3 Å². The maximum atomic E-state index is 11.5. The third-order valence-corrected chi connectivity index (χ3v) is 2.72. The Hall–Kier alpha value is -1.69. The lowest BCUT2D eigenvalue weighted by Gasteiger charge is -2.10. The molecule has 0 radical (unpaired) electrons. The lowest BCUT2D eigenvalue weighted by molar-refractivity contribution is -0.137. The first-order valence-electron chi connectivity index (χ1n) is 5.19. The molecule has 1 aromatic rings. The molecule has 2 N–H and O–H groups in total. The number of H-pyrrole nitrogens is 1. The van der Waals surface area contributed by atoms with Crippen molar-refractivity contribution in [3.63, 3.8) is 0 Å². The van der Waals surface area contributed by atoms with Gasteiger partial charge in [0.1, 0.15) is 0 Å². The Labute approximate surface area is 93.0 Å². The Morgan fingerprint density at radius 1 is 1.62 bits per heavy atom. The highest BCUT2D eigenvalue weighted by Gasteiger charge is 2.35. The summed E-state index contributed by atoms with van der Waals surface area (Å²) in [6.07, 6.45) is 4.39. The van der Waals surface area contributed by atoms with Gasteiger partial charge in [0.25, 0.3) is 0 Å². The molecule has 1 aliphatic rings. The molecule has 6 nitrogen and oxygen atoms in total. The Balaban J connectivity index is 1.79. The predicted octanol–water partition coefficient (Wildman–Crippen LogP) is -0.701. The largest absolute Gasteiger partial charge is 0.348 e. The van der Waals surface area contributed by atoms with Crippen LogP contribution >= 0.6 is 0 Å². The molecule has 1 atom stereocenters. The maximum Gasteiger partial charge on any atom is 0.246 e. The fourth-order valence-corrected chi connectivity index (χ4v) is 1.72. The van der Waals surface area contributed by atoms with Crippen molar-refractivity contribution in [2.24, 2.45) is 0 Å². The molecule has 2 rings (SSSR count). The summed E-state index contributed by atoms with van der Waals surface area (Å²) in [6, 6.07) is -0.361. The van der Waals surface area contributed by atoms with Gasteiger partial charge >= 0.3 is 0 Å². The Kier molecular flexibility index (Phi) is 3.00. The van der Waals surface area contributed by atoms with Crippen molar-refractivity contribution < 1.29 is 9.59 Å². The Morgan fingerprint density at radius 3 is 3.00 bits per heavy atom. The number of rotatable bonds is 4. The van der Waals surface area contributed by atoms with Gasteiger partial charge in [-0.3, -0.25) is 14.5 Å². The first kappa shape index (κ1) is 10.8. The molecule has 16 heavy (non-hydrogen) atoms. The molecule has 6 heteroatoms. The van der Waals surface area contributed by atoms with E-state index >= 15 is 0 Å². The number of carbonyl (C=O) groups is 2. The number of imide groups is 1. The summed E-state index contributed by atoms with van der Waals surface area (Å²) < 4.78 is 0. The van der Waals surface area contributed by atoms with E-state index in [1.165, 1.54) is 11.9 Å². The van der Waals surface area contributed by atoms with Crippen molar-refractivity contribution in [1.29, 1.82) is 0 Å². The summed E-state index contributed by atoms with van der Waals surface area (Å²) in [5.74, 6) is -0.265. The highest BCUT2D eigenvalue weighted by molar-refractivity contribution is 6.05. The van der Waals surface area contributed by atoms with E-state index in [0.29, 0.717) is 6.54 Å². The molecule has 1 saturated heterocycles. The fourth-order valence-electron chi connectivity index (χ4n) is 1.72. The van der Waals surface area contributed by atoms with Gasteiger partial charge < -0.3 is 10.3 Å². The summed E-state index contributed by atoms with van der Waals surface area (Å²) in [5.41, 5.74) is 1.01. The van der Waals surface area contributed by atoms with Crippen molar-refractivity contribution in [3.05, 3.63) is 18.2 Å². The highest BCUT2D eigenvalue weighted by Crippen LogP contribution is 2.10. The van der Waals surface area contributed by atoms with Crippen LogP contribution in [0.15, 0.2) is 12.5 Å². The fraction of sp³-hybridized carbons (Fsp3) is 0.500. The van der Waals surface area contributed by atoms with Crippen LogP contribution in [0.2, 0.25) is 0 Å². The van der Waals surface area contributed by atoms with Crippen molar-refractivity contribution in [1.82, 2.24) is 20.2 Å². The molecule has 1 aliphatic heterocycles. The summed E-state index contributed by atoms with van der Waals surface area (Å²) in [6.45, 7) is 0.652. The quantitative estimate of drug-likeness (QED) is 0.660. The van der Waals surface area contributed by atoms with Crippen LogP contribution in [0.1, 0.15) is 12.1 Å². The maximum absolute atomic E-state index is 11.5. The molecule has 1 unspecified atom stereocenters. The van der Waals surface area contributed by atoms with Gasteiger partial charge in [0, 0.05) is 31.9 Å². The van der Waals surface area contributed by atoms with E-state index in [-0.39, 0.29) is 24.3 Å². The second-order valence-electron chi connectivity index (χ2n) is 3.83. The first-order chi connectivity index (χ1) is 7.68. The van der Waals surface area contributed by atoms with Crippen LogP contribution in [-0.4, -0.2) is 46.3 Å². The molecule has 1 fully saturated rings. The van der Waals surface area contributed by atoms with Crippen LogP contribution < -0.4 is 5.32 Å². The SMILES string of the molecule is CN1C(=O)CC(NCCc2cnc[nH]2)C1=O. The van der Waals surface area contributed by atoms with E-state index in [9.17, 15) is 9.59 Å². The number of aromatic nitrogens is 2. The third kappa shape index (κ3) is 2.11. The molecular weight excluding hydrogens is 208 g/mol. The lowest BCUT2D eigenvalue weighted by Crippen LogP contribution is -2.38. The van der Waals surface area contributed by atoms with E-state index < -0.39 is 0 Å². The number of imidazole rings is 1. The highest BCUT2D eigenvalue weighted by atomic mass is 16.2. The van der Waals surface area contributed by atoms with Crippen LogP contribution in [0.3, 0.4) is 0 Å². The zero-order chi connectivity index (χ0) is 11.5. The smallest absolute Gasteiger partial charge is 0.246 e. The molecule has 0 aromatic carbocycles. The predicted molar refractivity (Wildman–Crippen MR) is 56.5 cm³/mol. The van der Waals surface area contributed by atoms with Crippen LogP contribution in [0.4, 0.5) is 0 Å². The summed E-state index contributed by atoms with van der Waals surface area (Å²) in [5, 5.41) is 3.07. The molecule has 86 valence electrons. The van der Waals surface area contributed by atoms with Gasteiger partial charge in [0.2, 0.25) is 11.8 Å². The molecule has 0 bridgehead atoms. The number of amides is 2. The Bertz CT molecular complexity index is 388. The van der Waals surface area contributed by atoms with Gasteiger partial charge in [-0.1, -0.05) is 0 Å². The van der Waals surface area contributed by atoms with E-state index in [0.717, 1.165) is 12.1 Å². The number of aromatic amines is 1. The second-order valence-corrected chi connectivity index (χ2v) is 3.83. The number of likely N-dealkylation sites (N-methyl/N-ethyl adjacent to an activating group) is 1. The van der Waals surface area contributed by atoms with Gasteiger partial charge in [-0.15, -0.1) is 0 Å². The number of hydrogen-bond acceptors (Lipinski definition) is 4. The normalized spacial score (nSPS) is 20.8. The third-order valence-electron chi connectivity index (χ3n) is 2.72. The number of nitrogens with zero attached hydrogens (tertiary/aromatic N) is 2. The number of likely N-dealkylation sites (tertiary alicyclic amines) is 1. The van der Waals surface area contributed by atoms with Crippen LogP contribution in [0.25, 0.3) is 0 Å². The van der Waals surface area contributed by atoms with Crippen molar-refractivity contribution in [2.75, 3.05) is 13.6 Å². The standard InChI is InChI=1S/C10H14N4O2/c1-14-9(15)4-8(10(14)16)12-3-2-7-5-11-6-13-7/h5-6,8,12H,2-4H2,1H3,(H,11,13). The minimum atomic E-state index is -0.361. The average molecular weight is 222 g/mol. The number of hydrogen-bond donors (Lipinski definition) is 2. The summed E-state index contributed by atoms with van der Waals surface area (Å²) in [7, 11) is 1.52. The van der Waals surface area contributed by atoms with Crippen LogP contribution in [0, 0.1) is 0 Å². The van der Waals surface area contributed by atoms with E-state index in [1.807, 2.05) is 0 Å². The van der Waals surface area contributed by atoms with Gasteiger partial charge in [-0.05, 0) is 0 Å². The van der Waals surface area contributed by atoms with Crippen LogP contribution in [-0.2, 0) is 16.0 Å². The monoisotopic (exact) mass is 222 g/mol. The molecule has 2 amide bonds. The second kappa shape index (κ2) is 4.44. The van der Waals surface area contributed by atoms with E-state index in [1.54, 1.807) is 12.5 Å². The van der Waals surface area contributed by atoms with E-state index in [4.69, 9.17) is 0 Å². The first-order valence-corrected chi connectivity index (χ1v) is 5.19. The summed E-state index contributed by atoms with van der Waals surface area (Å²) >= 11 is 0. The molecule has 0 aliphatic carbocycles. The number of carbonyl (C=O) groups excluding carboxylic acids is 2. The Morgan fingerprint density at radius 2 is 2.44 bits per heavy atom. The molecule has 2 heterocycles. The van der Waals surface area contributed by atoms with Gasteiger partial charge in [-0.2, -0.15) is 0 Å². The molecule has 0 saturated carbocycles. The van der Waals surface area contributed by atoms with Gasteiger partial charge in [-0.25, -0.2) is 4.98 Å². The number of nitrogens with one attached hydrogen (secondary N) is 2. The van der Waals surface area contributed by atoms with Crippen molar-refractivity contribution in [2.45, 2.75) is 18.9 Å². The molecule has 0 spiro atoms. The average Bonchev–Trinajstić information content (AvgIpc) is 2.85. The van der Waals surface area contributed by atoms with Gasteiger partial charge in [0.15, 0.2) is 0 Å². The zero-order valence-electron chi connectivity index (χ0n) is 9.06. The van der Waals surface area contributed by atoms with Crippen molar-refractivity contribution in [3.8, 4) is 0 Å². The minimum Gasteiger partial charge on any atom is -0.348 e. The summed E-state index contributed by atoms with van der Waals surface area (Å²) in [4.78, 5) is 30.8. The van der Waals surface area contributed by atoms with Gasteiger partial charge in [0.05, 0.1) is 18.8 Å². The van der Waals surface area contributed by atoms with Crippen LogP contribution in [0.5, 0.6) is 0 Å². The molecular formula is C10H14N4O2. The van der Waals surface area contributed by atoms with Crippen molar-refractivity contribution >= 4 is 11.8 Å².